The van der Waals surface area contributed by atoms with Crippen LogP contribution < -0.4 is 16.0 Å². The predicted molar refractivity (Wildman–Crippen MR) is 69.0 cm³/mol. The SMILES string of the molecule is NCCCNC1CC(=O)N(c2ccccc2)C1=O. The molecule has 5 nitrogen and oxygen atoms in total. The summed E-state index contributed by atoms with van der Waals surface area (Å²) in [5.41, 5.74) is 6.03. The van der Waals surface area contributed by atoms with Crippen LogP contribution in [0.25, 0.3) is 0 Å². The first-order chi connectivity index (χ1) is 8.74. The van der Waals surface area contributed by atoms with E-state index in [1.807, 2.05) is 18.2 Å². The number of nitrogens with one attached hydrogen (secondary N) is 1. The number of anilines is 1. The molecule has 1 aromatic carbocycles. The molecule has 0 aliphatic carbocycles. The highest BCUT2D eigenvalue weighted by Gasteiger charge is 2.38. The van der Waals surface area contributed by atoms with Gasteiger partial charge in [0, 0.05) is 0 Å². The molecule has 1 fully saturated rings. The summed E-state index contributed by atoms with van der Waals surface area (Å²) in [7, 11) is 0. The molecule has 1 heterocycles. The number of carbonyl (C=O) groups excluding carboxylic acids is 2. The number of rotatable bonds is 5. The lowest BCUT2D eigenvalue weighted by atomic mass is 10.2. The smallest absolute Gasteiger partial charge is 0.251 e. The molecule has 96 valence electrons. The summed E-state index contributed by atoms with van der Waals surface area (Å²) in [6.45, 7) is 1.23. The van der Waals surface area contributed by atoms with Gasteiger partial charge in [-0.2, -0.15) is 0 Å². The molecule has 1 aliphatic heterocycles. The summed E-state index contributed by atoms with van der Waals surface area (Å²) in [6, 6.07) is 8.59. The molecule has 0 bridgehead atoms. The van der Waals surface area contributed by atoms with Crippen LogP contribution in [0.15, 0.2) is 30.3 Å². The third kappa shape index (κ3) is 2.57. The Morgan fingerprint density at radius 1 is 1.28 bits per heavy atom. The molecule has 0 saturated carbocycles. The highest BCUT2D eigenvalue weighted by Crippen LogP contribution is 2.22. The van der Waals surface area contributed by atoms with Crippen LogP contribution in [0.3, 0.4) is 0 Å². The summed E-state index contributed by atoms with van der Waals surface area (Å²) in [5, 5.41) is 3.07. The van der Waals surface area contributed by atoms with Crippen molar-refractivity contribution < 1.29 is 9.59 Å². The van der Waals surface area contributed by atoms with E-state index in [9.17, 15) is 9.59 Å². The largest absolute Gasteiger partial charge is 0.330 e. The number of amides is 2. The molecule has 1 aliphatic rings. The highest BCUT2D eigenvalue weighted by molar-refractivity contribution is 6.22. The maximum Gasteiger partial charge on any atom is 0.251 e. The Balaban J connectivity index is 2.06. The van der Waals surface area contributed by atoms with Crippen molar-refractivity contribution in [2.24, 2.45) is 5.73 Å². The molecule has 2 rings (SSSR count). The molecule has 1 atom stereocenters. The fraction of sp³-hybridized carbons (Fsp3) is 0.385. The molecule has 0 aromatic heterocycles. The van der Waals surface area contributed by atoms with Crippen molar-refractivity contribution in [3.05, 3.63) is 30.3 Å². The topological polar surface area (TPSA) is 75.4 Å². The van der Waals surface area contributed by atoms with Crippen LogP contribution in [0.2, 0.25) is 0 Å². The van der Waals surface area contributed by atoms with E-state index in [-0.39, 0.29) is 18.2 Å². The van der Waals surface area contributed by atoms with E-state index in [0.717, 1.165) is 6.42 Å². The molecule has 3 N–H and O–H groups in total. The summed E-state index contributed by atoms with van der Waals surface area (Å²) < 4.78 is 0. The van der Waals surface area contributed by atoms with Gasteiger partial charge in [-0.15, -0.1) is 0 Å². The lowest BCUT2D eigenvalue weighted by Crippen LogP contribution is -2.39. The number of carbonyl (C=O) groups is 2. The molecule has 0 spiro atoms. The predicted octanol–water partition coefficient (Wildman–Crippen LogP) is 0.257. The minimum Gasteiger partial charge on any atom is -0.330 e. The van der Waals surface area contributed by atoms with Crippen LogP contribution in [0.5, 0.6) is 0 Å². The van der Waals surface area contributed by atoms with Crippen LogP contribution >= 0.6 is 0 Å². The molecule has 1 unspecified atom stereocenters. The molecule has 1 aromatic rings. The number of nitrogens with zero attached hydrogens (tertiary/aromatic N) is 1. The first-order valence-electron chi connectivity index (χ1n) is 6.09. The third-order valence-corrected chi connectivity index (χ3v) is 2.93. The van der Waals surface area contributed by atoms with Gasteiger partial charge in [0.2, 0.25) is 5.91 Å². The number of para-hydroxylation sites is 1. The Morgan fingerprint density at radius 2 is 2.00 bits per heavy atom. The lowest BCUT2D eigenvalue weighted by molar-refractivity contribution is -0.121. The number of benzene rings is 1. The second-order valence-electron chi connectivity index (χ2n) is 4.26. The minimum atomic E-state index is -0.413. The summed E-state index contributed by atoms with van der Waals surface area (Å²) in [5.74, 6) is -0.334. The van der Waals surface area contributed by atoms with Crippen LogP contribution in [0, 0.1) is 0 Å². The van der Waals surface area contributed by atoms with E-state index in [4.69, 9.17) is 5.73 Å². The first kappa shape index (κ1) is 12.7. The van der Waals surface area contributed by atoms with Gasteiger partial charge in [-0.05, 0) is 31.6 Å². The number of hydrogen-bond acceptors (Lipinski definition) is 4. The number of nitrogens with two attached hydrogens (primary N) is 1. The second-order valence-corrected chi connectivity index (χ2v) is 4.26. The fourth-order valence-electron chi connectivity index (χ4n) is 2.02. The Kier molecular flexibility index (Phi) is 4.07. The van der Waals surface area contributed by atoms with Crippen molar-refractivity contribution in [2.75, 3.05) is 18.0 Å². The van der Waals surface area contributed by atoms with E-state index >= 15 is 0 Å². The average molecular weight is 247 g/mol. The van der Waals surface area contributed by atoms with Crippen LogP contribution in [0.1, 0.15) is 12.8 Å². The molecule has 0 radical (unpaired) electrons. The van der Waals surface area contributed by atoms with Crippen molar-refractivity contribution in [1.29, 1.82) is 0 Å². The van der Waals surface area contributed by atoms with Crippen molar-refractivity contribution in [1.82, 2.24) is 5.32 Å². The average Bonchev–Trinajstić information content (AvgIpc) is 2.66. The Morgan fingerprint density at radius 3 is 2.67 bits per heavy atom. The van der Waals surface area contributed by atoms with E-state index in [0.29, 0.717) is 18.8 Å². The van der Waals surface area contributed by atoms with E-state index < -0.39 is 6.04 Å². The Hall–Kier alpha value is -1.72. The van der Waals surface area contributed by atoms with Gasteiger partial charge < -0.3 is 11.1 Å². The molecular weight excluding hydrogens is 230 g/mol. The number of imide groups is 1. The van der Waals surface area contributed by atoms with Gasteiger partial charge >= 0.3 is 0 Å². The van der Waals surface area contributed by atoms with Gasteiger partial charge in [0.25, 0.3) is 5.91 Å². The first-order valence-corrected chi connectivity index (χ1v) is 6.09. The summed E-state index contributed by atoms with van der Waals surface area (Å²) in [6.07, 6.45) is 1.02. The molecular formula is C13H17N3O2. The van der Waals surface area contributed by atoms with Crippen molar-refractivity contribution in [2.45, 2.75) is 18.9 Å². The summed E-state index contributed by atoms with van der Waals surface area (Å²) >= 11 is 0. The van der Waals surface area contributed by atoms with Gasteiger partial charge in [-0.1, -0.05) is 18.2 Å². The van der Waals surface area contributed by atoms with Crippen molar-refractivity contribution in [3.8, 4) is 0 Å². The molecule has 2 amide bonds. The van der Waals surface area contributed by atoms with Gasteiger partial charge in [-0.3, -0.25) is 9.59 Å². The molecule has 5 heteroatoms. The maximum atomic E-state index is 12.1. The standard InChI is InChI=1S/C13H17N3O2/c14-7-4-8-15-11-9-12(17)16(13(11)18)10-5-2-1-3-6-10/h1-3,5-6,11,15H,4,7-9,14H2. The quantitative estimate of drug-likeness (QED) is 0.578. The normalized spacial score (nSPS) is 19.6. The van der Waals surface area contributed by atoms with Gasteiger partial charge in [0.1, 0.15) is 0 Å². The van der Waals surface area contributed by atoms with E-state index in [1.54, 1.807) is 12.1 Å². The Labute approximate surface area is 106 Å². The van der Waals surface area contributed by atoms with E-state index in [1.165, 1.54) is 4.90 Å². The molecule has 18 heavy (non-hydrogen) atoms. The monoisotopic (exact) mass is 247 g/mol. The zero-order valence-electron chi connectivity index (χ0n) is 10.1. The second kappa shape index (κ2) is 5.75. The zero-order chi connectivity index (χ0) is 13.0. The van der Waals surface area contributed by atoms with Gasteiger partial charge in [0.15, 0.2) is 0 Å². The Bertz CT molecular complexity index is 433. The van der Waals surface area contributed by atoms with Crippen LogP contribution in [-0.4, -0.2) is 30.9 Å². The van der Waals surface area contributed by atoms with E-state index in [2.05, 4.69) is 5.32 Å². The zero-order valence-corrected chi connectivity index (χ0v) is 10.1. The van der Waals surface area contributed by atoms with Crippen molar-refractivity contribution >= 4 is 17.5 Å². The van der Waals surface area contributed by atoms with Crippen LogP contribution in [-0.2, 0) is 9.59 Å². The van der Waals surface area contributed by atoms with Crippen molar-refractivity contribution in [3.63, 3.8) is 0 Å². The molecule has 1 saturated heterocycles. The maximum absolute atomic E-state index is 12.1. The lowest BCUT2D eigenvalue weighted by Gasteiger charge is -2.15. The van der Waals surface area contributed by atoms with Gasteiger partial charge in [-0.25, -0.2) is 4.90 Å². The highest BCUT2D eigenvalue weighted by atomic mass is 16.2. The summed E-state index contributed by atoms with van der Waals surface area (Å²) in [4.78, 5) is 25.2. The number of hydrogen-bond donors (Lipinski definition) is 2. The third-order valence-electron chi connectivity index (χ3n) is 2.93. The van der Waals surface area contributed by atoms with Gasteiger partial charge in [0.05, 0.1) is 18.2 Å². The minimum absolute atomic E-state index is 0.156. The van der Waals surface area contributed by atoms with Crippen LogP contribution in [0.4, 0.5) is 5.69 Å². The fourth-order valence-corrected chi connectivity index (χ4v) is 2.02.